The van der Waals surface area contributed by atoms with E-state index in [-0.39, 0.29) is 0 Å². The lowest BCUT2D eigenvalue weighted by Crippen LogP contribution is -2.37. The molecule has 0 atom stereocenters. The van der Waals surface area contributed by atoms with E-state index < -0.39 is 34.7 Å². The molecule has 0 radical (unpaired) electrons. The minimum absolute atomic E-state index is 0.379. The minimum atomic E-state index is -1.17. The van der Waals surface area contributed by atoms with Crippen LogP contribution in [0.4, 0.5) is 19.1 Å². The first-order chi connectivity index (χ1) is 13.5. The van der Waals surface area contributed by atoms with E-state index in [0.29, 0.717) is 49.9 Å². The Morgan fingerprint density at radius 3 is 2.32 bits per heavy atom. The second-order valence-corrected chi connectivity index (χ2v) is 6.64. The van der Waals surface area contributed by atoms with Gasteiger partial charge in [0, 0.05) is 36.7 Å². The fraction of sp³-hybridized carbons (Fsp3) is 0.250. The van der Waals surface area contributed by atoms with Crippen LogP contribution in [0.3, 0.4) is 0 Å². The van der Waals surface area contributed by atoms with E-state index in [1.165, 1.54) is 0 Å². The van der Waals surface area contributed by atoms with Crippen LogP contribution in [0.1, 0.15) is 23.2 Å². The van der Waals surface area contributed by atoms with Crippen molar-refractivity contribution in [3.05, 3.63) is 65.5 Å². The molecule has 0 aliphatic carbocycles. The summed E-state index contributed by atoms with van der Waals surface area (Å²) in [5, 5.41) is 3.98. The maximum atomic E-state index is 13.9. The molecule has 3 aromatic rings. The van der Waals surface area contributed by atoms with Crippen molar-refractivity contribution in [1.29, 1.82) is 0 Å². The number of carbonyl (C=O) groups excluding carboxylic acids is 1. The Hall–Kier alpha value is -3.16. The second kappa shape index (κ2) is 7.46. The van der Waals surface area contributed by atoms with Gasteiger partial charge in [0.2, 0.25) is 0 Å². The van der Waals surface area contributed by atoms with E-state index in [1.54, 1.807) is 0 Å². The summed E-state index contributed by atoms with van der Waals surface area (Å²) >= 11 is 0. The summed E-state index contributed by atoms with van der Waals surface area (Å²) in [7, 11) is 0. The Labute approximate surface area is 158 Å². The van der Waals surface area contributed by atoms with E-state index in [1.807, 2.05) is 35.2 Å². The zero-order chi connectivity index (χ0) is 19.7. The molecule has 0 saturated carbocycles. The Kier molecular flexibility index (Phi) is 4.85. The van der Waals surface area contributed by atoms with Gasteiger partial charge in [0.1, 0.15) is 17.5 Å². The molecule has 0 spiro atoms. The van der Waals surface area contributed by atoms with Crippen LogP contribution in [0.25, 0.3) is 11.5 Å². The first kappa shape index (κ1) is 18.2. The van der Waals surface area contributed by atoms with Crippen LogP contribution in [-0.4, -0.2) is 29.0 Å². The van der Waals surface area contributed by atoms with Crippen molar-refractivity contribution in [3.8, 4) is 11.5 Å². The van der Waals surface area contributed by atoms with Gasteiger partial charge < -0.3 is 9.42 Å². The van der Waals surface area contributed by atoms with Crippen LogP contribution in [0.2, 0.25) is 0 Å². The van der Waals surface area contributed by atoms with Crippen LogP contribution in [0, 0.1) is 23.4 Å². The highest BCUT2D eigenvalue weighted by Gasteiger charge is 2.31. The summed E-state index contributed by atoms with van der Waals surface area (Å²) in [6.45, 7) is 0.878. The van der Waals surface area contributed by atoms with Gasteiger partial charge in [-0.25, -0.2) is 13.2 Å². The molecule has 5 nitrogen and oxygen atoms in total. The molecule has 8 heteroatoms. The molecule has 1 aliphatic heterocycles. The molecule has 144 valence electrons. The monoisotopic (exact) mass is 387 g/mol. The zero-order valence-corrected chi connectivity index (χ0v) is 14.7. The predicted molar refractivity (Wildman–Crippen MR) is 95.3 cm³/mol. The molecular formula is C20H16F3N3O2. The fourth-order valence-electron chi connectivity index (χ4n) is 3.37. The number of rotatable bonds is 4. The van der Waals surface area contributed by atoms with Crippen LogP contribution in [-0.2, 0) is 0 Å². The van der Waals surface area contributed by atoms with Crippen molar-refractivity contribution < 1.29 is 22.5 Å². The second-order valence-electron chi connectivity index (χ2n) is 6.64. The number of anilines is 1. The van der Waals surface area contributed by atoms with Crippen molar-refractivity contribution in [1.82, 2.24) is 10.1 Å². The minimum Gasteiger partial charge on any atom is -0.338 e. The van der Waals surface area contributed by atoms with E-state index in [4.69, 9.17) is 4.52 Å². The number of carbonyl (C=O) groups is 1. The number of aromatic nitrogens is 2. The number of Topliss-reactive ketones (excluding diaryl/α,β-unsaturated/α-hetero) is 1. The van der Waals surface area contributed by atoms with E-state index in [0.717, 1.165) is 5.56 Å². The average molecular weight is 387 g/mol. The number of hydrogen-bond donors (Lipinski definition) is 0. The van der Waals surface area contributed by atoms with Crippen molar-refractivity contribution in [2.24, 2.45) is 5.92 Å². The van der Waals surface area contributed by atoms with Crippen molar-refractivity contribution in [2.45, 2.75) is 12.8 Å². The molecule has 1 fully saturated rings. The molecule has 0 amide bonds. The van der Waals surface area contributed by atoms with Gasteiger partial charge in [-0.05, 0) is 30.1 Å². The Morgan fingerprint density at radius 2 is 1.68 bits per heavy atom. The van der Waals surface area contributed by atoms with Gasteiger partial charge in [-0.1, -0.05) is 18.2 Å². The van der Waals surface area contributed by atoms with Crippen molar-refractivity contribution in [3.63, 3.8) is 0 Å². The third-order valence-electron chi connectivity index (χ3n) is 4.84. The number of nitrogens with zero attached hydrogens (tertiary/aromatic N) is 3. The number of benzene rings is 2. The summed E-state index contributed by atoms with van der Waals surface area (Å²) in [6.07, 6.45) is 0.759. The molecule has 2 heterocycles. The molecule has 0 bridgehead atoms. The quantitative estimate of drug-likeness (QED) is 0.627. The molecule has 1 aromatic heterocycles. The highest BCUT2D eigenvalue weighted by Crippen LogP contribution is 2.28. The van der Waals surface area contributed by atoms with E-state index in [2.05, 4.69) is 10.1 Å². The summed E-state index contributed by atoms with van der Waals surface area (Å²) in [6, 6.07) is 10.4. The molecule has 1 saturated heterocycles. The third kappa shape index (κ3) is 3.49. The van der Waals surface area contributed by atoms with Crippen LogP contribution in [0.5, 0.6) is 0 Å². The lowest BCUT2D eigenvalue weighted by Gasteiger charge is -2.30. The zero-order valence-electron chi connectivity index (χ0n) is 14.7. The molecule has 28 heavy (non-hydrogen) atoms. The number of halogens is 3. The van der Waals surface area contributed by atoms with Crippen LogP contribution >= 0.6 is 0 Å². The molecular weight excluding hydrogens is 371 g/mol. The van der Waals surface area contributed by atoms with Gasteiger partial charge in [0.25, 0.3) is 11.8 Å². The van der Waals surface area contributed by atoms with E-state index in [9.17, 15) is 18.0 Å². The number of ketones is 1. The normalized spacial score (nSPS) is 15.0. The maximum Gasteiger partial charge on any atom is 0.266 e. The first-order valence-corrected chi connectivity index (χ1v) is 8.86. The van der Waals surface area contributed by atoms with Gasteiger partial charge >= 0.3 is 0 Å². The fourth-order valence-corrected chi connectivity index (χ4v) is 3.37. The SMILES string of the molecule is O=C(c1c(F)cc(F)cc1F)C1CCN(c2noc(-c3ccccc3)n2)CC1. The topological polar surface area (TPSA) is 59.2 Å². The van der Waals surface area contributed by atoms with Gasteiger partial charge in [-0.3, -0.25) is 4.79 Å². The van der Waals surface area contributed by atoms with Crippen LogP contribution in [0.15, 0.2) is 47.0 Å². The number of hydrogen-bond acceptors (Lipinski definition) is 5. The molecule has 2 aromatic carbocycles. The van der Waals surface area contributed by atoms with E-state index >= 15 is 0 Å². The standard InChI is InChI=1S/C20H16F3N3O2/c21-14-10-15(22)17(16(23)11-14)18(27)12-6-8-26(9-7-12)20-24-19(28-25-20)13-4-2-1-3-5-13/h1-5,10-12H,6-9H2. The van der Waals surface area contributed by atoms with Crippen molar-refractivity contribution in [2.75, 3.05) is 18.0 Å². The Balaban J connectivity index is 1.44. The highest BCUT2D eigenvalue weighted by atomic mass is 19.1. The lowest BCUT2D eigenvalue weighted by molar-refractivity contribution is 0.0891. The van der Waals surface area contributed by atoms with Gasteiger partial charge in [0.05, 0.1) is 5.56 Å². The third-order valence-corrected chi connectivity index (χ3v) is 4.84. The largest absolute Gasteiger partial charge is 0.338 e. The Bertz CT molecular complexity index is 976. The average Bonchev–Trinajstić information content (AvgIpc) is 3.18. The first-order valence-electron chi connectivity index (χ1n) is 8.86. The lowest BCUT2D eigenvalue weighted by atomic mass is 9.88. The smallest absolute Gasteiger partial charge is 0.266 e. The summed E-state index contributed by atoms with van der Waals surface area (Å²) < 4.78 is 46.1. The molecule has 0 unspecified atom stereocenters. The van der Waals surface area contributed by atoms with Gasteiger partial charge in [0.15, 0.2) is 5.78 Å². The Morgan fingerprint density at radius 1 is 1.04 bits per heavy atom. The highest BCUT2D eigenvalue weighted by molar-refractivity contribution is 5.98. The number of piperidine rings is 1. The summed E-state index contributed by atoms with van der Waals surface area (Å²) in [5.41, 5.74) is 0.124. The molecule has 1 aliphatic rings. The van der Waals surface area contributed by atoms with Crippen LogP contribution < -0.4 is 4.90 Å². The maximum absolute atomic E-state index is 13.9. The summed E-state index contributed by atoms with van der Waals surface area (Å²) in [5.74, 6) is -3.79. The summed E-state index contributed by atoms with van der Waals surface area (Å²) in [4.78, 5) is 18.7. The van der Waals surface area contributed by atoms with Crippen molar-refractivity contribution >= 4 is 11.7 Å². The predicted octanol–water partition coefficient (Wildman–Crippen LogP) is 4.25. The van der Waals surface area contributed by atoms with Gasteiger partial charge in [-0.2, -0.15) is 4.98 Å². The molecule has 0 N–H and O–H groups in total. The molecule has 4 rings (SSSR count). The van der Waals surface area contributed by atoms with Gasteiger partial charge in [-0.15, -0.1) is 0 Å².